The van der Waals surface area contributed by atoms with Crippen LogP contribution in [0.15, 0.2) is 48.7 Å². The average Bonchev–Trinajstić information content (AvgIpc) is 2.58. The van der Waals surface area contributed by atoms with Gasteiger partial charge >= 0.3 is 6.03 Å². The highest BCUT2D eigenvalue weighted by Crippen LogP contribution is 2.10. The molecule has 0 bridgehead atoms. The molecule has 0 saturated carbocycles. The Morgan fingerprint density at radius 1 is 1.09 bits per heavy atom. The minimum atomic E-state index is -0.196. The number of amides is 2. The summed E-state index contributed by atoms with van der Waals surface area (Å²) in [5.41, 5.74) is 1.02. The maximum atomic E-state index is 11.7. The Labute approximate surface area is 129 Å². The molecule has 0 unspecified atom stereocenters. The number of rotatable bonds is 7. The molecule has 0 aliphatic rings. The van der Waals surface area contributed by atoms with Crippen LogP contribution >= 0.6 is 0 Å². The number of pyridine rings is 1. The zero-order valence-electron chi connectivity index (χ0n) is 12.5. The Balaban J connectivity index is 1.61. The fourth-order valence-electron chi connectivity index (χ4n) is 1.82. The number of nitrogens with zero attached hydrogens (tertiary/aromatic N) is 1. The molecule has 0 aliphatic heterocycles. The van der Waals surface area contributed by atoms with Gasteiger partial charge in [0, 0.05) is 25.8 Å². The fraction of sp³-hybridized carbons (Fsp3) is 0.250. The normalized spacial score (nSPS) is 9.86. The van der Waals surface area contributed by atoms with Gasteiger partial charge in [-0.05, 0) is 29.8 Å². The third-order valence-corrected chi connectivity index (χ3v) is 2.99. The monoisotopic (exact) mass is 300 g/mol. The van der Waals surface area contributed by atoms with Gasteiger partial charge in [-0.3, -0.25) is 0 Å². The van der Waals surface area contributed by atoms with Gasteiger partial charge in [0.15, 0.2) is 0 Å². The second kappa shape index (κ2) is 8.51. The van der Waals surface area contributed by atoms with E-state index in [1.54, 1.807) is 13.3 Å². The highest BCUT2D eigenvalue weighted by Gasteiger charge is 2.00. The standard InChI is InChI=1S/C16H20N4O2/c1-22-14-7-5-13(6-8-14)12-20-16(21)19-11-10-18-15-4-2-3-9-17-15/h2-9H,10-12H2,1H3,(H,17,18)(H2,19,20,21). The number of urea groups is 1. The van der Waals surface area contributed by atoms with Crippen LogP contribution in [-0.4, -0.2) is 31.2 Å². The Morgan fingerprint density at radius 2 is 1.91 bits per heavy atom. The molecule has 1 aromatic heterocycles. The molecular formula is C16H20N4O2. The van der Waals surface area contributed by atoms with Gasteiger partial charge < -0.3 is 20.7 Å². The van der Waals surface area contributed by atoms with E-state index in [2.05, 4.69) is 20.9 Å². The summed E-state index contributed by atoms with van der Waals surface area (Å²) in [4.78, 5) is 15.8. The highest BCUT2D eigenvalue weighted by molar-refractivity contribution is 5.73. The second-order valence-electron chi connectivity index (χ2n) is 4.60. The number of hydrogen-bond acceptors (Lipinski definition) is 4. The number of nitrogens with one attached hydrogen (secondary N) is 3. The molecule has 0 atom stereocenters. The van der Waals surface area contributed by atoms with Crippen molar-refractivity contribution in [2.24, 2.45) is 0 Å². The van der Waals surface area contributed by atoms with Crippen molar-refractivity contribution in [1.82, 2.24) is 15.6 Å². The predicted octanol–water partition coefficient (Wildman–Crippen LogP) is 2.00. The van der Waals surface area contributed by atoms with E-state index in [0.717, 1.165) is 17.1 Å². The van der Waals surface area contributed by atoms with Gasteiger partial charge in [0.25, 0.3) is 0 Å². The van der Waals surface area contributed by atoms with Gasteiger partial charge in [0.1, 0.15) is 11.6 Å². The maximum Gasteiger partial charge on any atom is 0.315 e. The van der Waals surface area contributed by atoms with Gasteiger partial charge in [-0.25, -0.2) is 9.78 Å². The maximum absolute atomic E-state index is 11.7. The smallest absolute Gasteiger partial charge is 0.315 e. The lowest BCUT2D eigenvalue weighted by molar-refractivity contribution is 0.241. The number of hydrogen-bond donors (Lipinski definition) is 3. The third kappa shape index (κ3) is 5.32. The molecule has 1 heterocycles. The van der Waals surface area contributed by atoms with Crippen LogP contribution in [0.2, 0.25) is 0 Å². The Kier molecular flexibility index (Phi) is 6.04. The van der Waals surface area contributed by atoms with E-state index in [1.165, 1.54) is 0 Å². The van der Waals surface area contributed by atoms with Crippen LogP contribution < -0.4 is 20.7 Å². The van der Waals surface area contributed by atoms with Crippen LogP contribution in [0.3, 0.4) is 0 Å². The van der Waals surface area contributed by atoms with Crippen molar-refractivity contribution in [2.75, 3.05) is 25.5 Å². The number of benzene rings is 1. The molecule has 2 aromatic rings. The van der Waals surface area contributed by atoms with E-state index < -0.39 is 0 Å². The van der Waals surface area contributed by atoms with Crippen LogP contribution in [0.5, 0.6) is 5.75 Å². The van der Waals surface area contributed by atoms with Crippen molar-refractivity contribution in [3.8, 4) is 5.75 Å². The number of ether oxygens (including phenoxy) is 1. The highest BCUT2D eigenvalue weighted by atomic mass is 16.5. The Hall–Kier alpha value is -2.76. The van der Waals surface area contributed by atoms with Gasteiger partial charge in [-0.2, -0.15) is 0 Å². The van der Waals surface area contributed by atoms with E-state index in [1.807, 2.05) is 42.5 Å². The summed E-state index contributed by atoms with van der Waals surface area (Å²) in [6, 6.07) is 13.0. The Morgan fingerprint density at radius 3 is 2.59 bits per heavy atom. The van der Waals surface area contributed by atoms with E-state index in [9.17, 15) is 4.79 Å². The topological polar surface area (TPSA) is 75.3 Å². The average molecular weight is 300 g/mol. The molecule has 3 N–H and O–H groups in total. The van der Waals surface area contributed by atoms with Crippen LogP contribution in [-0.2, 0) is 6.54 Å². The second-order valence-corrected chi connectivity index (χ2v) is 4.60. The predicted molar refractivity (Wildman–Crippen MR) is 86.0 cm³/mol. The molecule has 0 saturated heterocycles. The number of aromatic nitrogens is 1. The molecule has 116 valence electrons. The van der Waals surface area contributed by atoms with Crippen LogP contribution in [0.25, 0.3) is 0 Å². The molecule has 0 radical (unpaired) electrons. The minimum Gasteiger partial charge on any atom is -0.497 e. The summed E-state index contributed by atoms with van der Waals surface area (Å²) in [5.74, 6) is 1.59. The van der Waals surface area contributed by atoms with E-state index in [-0.39, 0.29) is 6.03 Å². The van der Waals surface area contributed by atoms with E-state index in [0.29, 0.717) is 19.6 Å². The summed E-state index contributed by atoms with van der Waals surface area (Å²) < 4.78 is 5.08. The summed E-state index contributed by atoms with van der Waals surface area (Å²) >= 11 is 0. The zero-order chi connectivity index (χ0) is 15.6. The first-order chi connectivity index (χ1) is 10.8. The van der Waals surface area contributed by atoms with Gasteiger partial charge in [-0.1, -0.05) is 18.2 Å². The summed E-state index contributed by atoms with van der Waals surface area (Å²) in [7, 11) is 1.62. The SMILES string of the molecule is COc1ccc(CNC(=O)NCCNc2ccccn2)cc1. The number of anilines is 1. The first kappa shape index (κ1) is 15.6. The molecule has 6 heteroatoms. The number of methoxy groups -OCH3 is 1. The lowest BCUT2D eigenvalue weighted by Gasteiger charge is -2.09. The van der Waals surface area contributed by atoms with E-state index in [4.69, 9.17) is 4.74 Å². The van der Waals surface area contributed by atoms with E-state index >= 15 is 0 Å². The quantitative estimate of drug-likeness (QED) is 0.684. The van der Waals surface area contributed by atoms with Crippen molar-refractivity contribution in [2.45, 2.75) is 6.54 Å². The lowest BCUT2D eigenvalue weighted by Crippen LogP contribution is -2.37. The molecule has 22 heavy (non-hydrogen) atoms. The Bertz CT molecular complexity index is 572. The molecule has 0 aliphatic carbocycles. The molecule has 0 fully saturated rings. The van der Waals surface area contributed by atoms with Crippen molar-refractivity contribution >= 4 is 11.8 Å². The summed E-state index contributed by atoms with van der Waals surface area (Å²) in [6.45, 7) is 1.61. The molecule has 2 amide bonds. The van der Waals surface area contributed by atoms with Crippen LogP contribution in [0.1, 0.15) is 5.56 Å². The molecular weight excluding hydrogens is 280 g/mol. The molecule has 6 nitrogen and oxygen atoms in total. The minimum absolute atomic E-state index is 0.196. The van der Waals surface area contributed by atoms with Crippen molar-refractivity contribution in [1.29, 1.82) is 0 Å². The molecule has 2 rings (SSSR count). The van der Waals surface area contributed by atoms with Crippen molar-refractivity contribution in [3.63, 3.8) is 0 Å². The molecule has 0 spiro atoms. The van der Waals surface area contributed by atoms with Gasteiger partial charge in [0.05, 0.1) is 7.11 Å². The molecule has 1 aromatic carbocycles. The first-order valence-corrected chi connectivity index (χ1v) is 7.07. The van der Waals surface area contributed by atoms with Gasteiger partial charge in [-0.15, -0.1) is 0 Å². The number of carbonyl (C=O) groups excluding carboxylic acids is 1. The lowest BCUT2D eigenvalue weighted by atomic mass is 10.2. The first-order valence-electron chi connectivity index (χ1n) is 7.07. The van der Waals surface area contributed by atoms with Crippen molar-refractivity contribution in [3.05, 3.63) is 54.2 Å². The third-order valence-electron chi connectivity index (χ3n) is 2.99. The van der Waals surface area contributed by atoms with Gasteiger partial charge in [0.2, 0.25) is 0 Å². The van der Waals surface area contributed by atoms with Crippen LogP contribution in [0.4, 0.5) is 10.6 Å². The summed E-state index contributed by atoms with van der Waals surface area (Å²) in [5, 5.41) is 8.70. The van der Waals surface area contributed by atoms with Crippen molar-refractivity contribution < 1.29 is 9.53 Å². The van der Waals surface area contributed by atoms with Crippen LogP contribution in [0, 0.1) is 0 Å². The summed E-state index contributed by atoms with van der Waals surface area (Å²) in [6.07, 6.45) is 1.72. The number of carbonyl (C=O) groups is 1. The zero-order valence-corrected chi connectivity index (χ0v) is 12.5. The largest absolute Gasteiger partial charge is 0.497 e. The fourth-order valence-corrected chi connectivity index (χ4v) is 1.82.